The number of nitrogens with zero attached hydrogens (tertiary/aromatic N) is 1. The van der Waals surface area contributed by atoms with Gasteiger partial charge >= 0.3 is 5.97 Å². The topological polar surface area (TPSA) is 112 Å². The van der Waals surface area contributed by atoms with Crippen molar-refractivity contribution in [1.29, 1.82) is 0 Å². The molecular formula is C19H19N3O4. The molecule has 1 aromatic heterocycles. The summed E-state index contributed by atoms with van der Waals surface area (Å²) in [6.45, 7) is 0. The van der Waals surface area contributed by atoms with E-state index in [0.717, 1.165) is 5.56 Å². The van der Waals surface area contributed by atoms with E-state index in [1.165, 1.54) is 12.5 Å². The Kier molecular flexibility index (Phi) is 5.26. The minimum atomic E-state index is -1.08. The number of allylic oxidation sites excluding steroid dienone is 1. The van der Waals surface area contributed by atoms with Gasteiger partial charge in [-0.05, 0) is 11.5 Å². The van der Waals surface area contributed by atoms with Crippen molar-refractivity contribution in [2.75, 3.05) is 0 Å². The van der Waals surface area contributed by atoms with Gasteiger partial charge < -0.3 is 15.4 Å². The van der Waals surface area contributed by atoms with Crippen molar-refractivity contribution in [3.8, 4) is 0 Å². The average Bonchev–Trinajstić information content (AvgIpc) is 3.13. The van der Waals surface area contributed by atoms with Gasteiger partial charge in [0.1, 0.15) is 6.04 Å². The lowest BCUT2D eigenvalue weighted by atomic mass is 9.80. The maximum Gasteiger partial charge on any atom is 0.326 e. The van der Waals surface area contributed by atoms with Crippen LogP contribution in [0.3, 0.4) is 0 Å². The first-order valence-electron chi connectivity index (χ1n) is 8.32. The van der Waals surface area contributed by atoms with E-state index in [1.807, 2.05) is 30.3 Å². The third-order valence-electron chi connectivity index (χ3n) is 4.43. The summed E-state index contributed by atoms with van der Waals surface area (Å²) in [5.74, 6) is -1.76. The minimum Gasteiger partial charge on any atom is -0.480 e. The third-order valence-corrected chi connectivity index (χ3v) is 4.43. The second kappa shape index (κ2) is 7.77. The fourth-order valence-corrected chi connectivity index (χ4v) is 3.03. The monoisotopic (exact) mass is 353 g/mol. The summed E-state index contributed by atoms with van der Waals surface area (Å²) in [5, 5.41) is 12.0. The predicted octanol–water partition coefficient (Wildman–Crippen LogP) is 1.59. The number of aromatic amines is 1. The number of ketones is 2. The predicted molar refractivity (Wildman–Crippen MR) is 93.4 cm³/mol. The van der Waals surface area contributed by atoms with Gasteiger partial charge in [0.2, 0.25) is 0 Å². The van der Waals surface area contributed by atoms with Gasteiger partial charge in [0.25, 0.3) is 0 Å². The molecule has 1 fully saturated rings. The number of aromatic nitrogens is 2. The van der Waals surface area contributed by atoms with Crippen LogP contribution in [0.15, 0.2) is 54.6 Å². The minimum absolute atomic E-state index is 0.0328. The molecule has 1 aromatic carbocycles. The molecule has 1 aliphatic carbocycles. The van der Waals surface area contributed by atoms with Crippen LogP contribution < -0.4 is 5.32 Å². The van der Waals surface area contributed by atoms with Gasteiger partial charge in [-0.25, -0.2) is 9.78 Å². The van der Waals surface area contributed by atoms with Crippen molar-refractivity contribution in [3.63, 3.8) is 0 Å². The molecule has 3 rings (SSSR count). The van der Waals surface area contributed by atoms with Crippen molar-refractivity contribution in [1.82, 2.24) is 15.3 Å². The number of carbonyl (C=O) groups is 3. The van der Waals surface area contributed by atoms with Crippen LogP contribution in [0.4, 0.5) is 0 Å². The number of hydrogen-bond donors (Lipinski definition) is 3. The molecule has 1 aliphatic rings. The van der Waals surface area contributed by atoms with E-state index < -0.39 is 12.0 Å². The van der Waals surface area contributed by atoms with E-state index in [9.17, 15) is 19.5 Å². The molecule has 0 bridgehead atoms. The second-order valence-electron chi connectivity index (χ2n) is 6.24. The molecule has 7 heteroatoms. The van der Waals surface area contributed by atoms with E-state index >= 15 is 0 Å². The molecule has 1 heterocycles. The van der Waals surface area contributed by atoms with Crippen LogP contribution in [-0.2, 0) is 20.8 Å². The average molecular weight is 353 g/mol. The van der Waals surface area contributed by atoms with Gasteiger partial charge in [-0.3, -0.25) is 9.59 Å². The lowest BCUT2D eigenvalue weighted by Gasteiger charge is -2.22. The first-order valence-corrected chi connectivity index (χ1v) is 8.32. The van der Waals surface area contributed by atoms with Crippen LogP contribution in [0.25, 0.3) is 0 Å². The summed E-state index contributed by atoms with van der Waals surface area (Å²) in [7, 11) is 0. The van der Waals surface area contributed by atoms with Gasteiger partial charge in [0, 0.05) is 31.7 Å². The highest BCUT2D eigenvalue weighted by Crippen LogP contribution is 2.31. The van der Waals surface area contributed by atoms with Gasteiger partial charge in [-0.2, -0.15) is 0 Å². The van der Waals surface area contributed by atoms with E-state index in [-0.39, 0.29) is 42.3 Å². The zero-order valence-corrected chi connectivity index (χ0v) is 14.0. The summed E-state index contributed by atoms with van der Waals surface area (Å²) >= 11 is 0. The number of benzene rings is 1. The van der Waals surface area contributed by atoms with Gasteiger partial charge in [0.15, 0.2) is 11.6 Å². The number of Topliss-reactive ketones (excluding diaryl/α,β-unsaturated/α-hetero) is 2. The fraction of sp³-hybridized carbons (Fsp3) is 0.263. The molecule has 7 nitrogen and oxygen atoms in total. The Morgan fingerprint density at radius 3 is 2.54 bits per heavy atom. The number of carboxylic acid groups (broad SMARTS) is 1. The lowest BCUT2D eigenvalue weighted by Crippen LogP contribution is -2.37. The number of carbonyl (C=O) groups excluding carboxylic acids is 2. The standard InChI is InChI=1S/C19H19N3O4/c23-17-6-13(12-4-2-1-3-5-12)7-18(24)15(17)10-21-16(19(25)26)8-14-9-20-11-22-14/h1-5,9-11,13,16,21H,6-8H2,(H,20,22)(H,25,26)/t13?,16-/m0/s1. The molecular weight excluding hydrogens is 334 g/mol. The Morgan fingerprint density at radius 2 is 1.96 bits per heavy atom. The third kappa shape index (κ3) is 4.05. The molecule has 1 atom stereocenters. The molecule has 26 heavy (non-hydrogen) atoms. The summed E-state index contributed by atoms with van der Waals surface area (Å²) in [6.07, 6.45) is 4.92. The molecule has 3 N–H and O–H groups in total. The van der Waals surface area contributed by atoms with Gasteiger partial charge in [-0.1, -0.05) is 30.3 Å². The Balaban J connectivity index is 1.69. The van der Waals surface area contributed by atoms with Crippen molar-refractivity contribution in [3.05, 3.63) is 65.9 Å². The number of H-pyrrole nitrogens is 1. The Morgan fingerprint density at radius 1 is 1.27 bits per heavy atom. The Labute approximate surface area is 150 Å². The molecule has 0 radical (unpaired) electrons. The number of hydrogen-bond acceptors (Lipinski definition) is 5. The highest BCUT2D eigenvalue weighted by atomic mass is 16.4. The molecule has 0 unspecified atom stereocenters. The fourth-order valence-electron chi connectivity index (χ4n) is 3.03. The molecule has 0 saturated heterocycles. The molecule has 1 saturated carbocycles. The molecule has 134 valence electrons. The highest BCUT2D eigenvalue weighted by Gasteiger charge is 2.31. The Bertz CT molecular complexity index is 808. The first kappa shape index (κ1) is 17.6. The number of rotatable bonds is 6. The van der Waals surface area contributed by atoms with Gasteiger partial charge in [0.05, 0.1) is 17.6 Å². The van der Waals surface area contributed by atoms with E-state index in [2.05, 4.69) is 15.3 Å². The highest BCUT2D eigenvalue weighted by molar-refractivity contribution is 6.22. The normalized spacial score (nSPS) is 18.5. The number of carboxylic acids is 1. The second-order valence-corrected chi connectivity index (χ2v) is 6.24. The van der Waals surface area contributed by atoms with Crippen LogP contribution in [-0.4, -0.2) is 38.7 Å². The quantitative estimate of drug-likeness (QED) is 0.537. The van der Waals surface area contributed by atoms with Crippen LogP contribution >= 0.6 is 0 Å². The van der Waals surface area contributed by atoms with Gasteiger partial charge in [-0.15, -0.1) is 0 Å². The van der Waals surface area contributed by atoms with Crippen LogP contribution in [0.2, 0.25) is 0 Å². The Hall–Kier alpha value is -3.22. The van der Waals surface area contributed by atoms with E-state index in [4.69, 9.17) is 0 Å². The van der Waals surface area contributed by atoms with Crippen molar-refractivity contribution >= 4 is 17.5 Å². The van der Waals surface area contributed by atoms with E-state index in [0.29, 0.717) is 5.69 Å². The zero-order chi connectivity index (χ0) is 18.5. The maximum atomic E-state index is 12.4. The summed E-state index contributed by atoms with van der Waals surface area (Å²) in [6, 6.07) is 8.48. The largest absolute Gasteiger partial charge is 0.480 e. The van der Waals surface area contributed by atoms with Crippen LogP contribution in [0.5, 0.6) is 0 Å². The number of aliphatic carboxylic acids is 1. The zero-order valence-electron chi connectivity index (χ0n) is 14.0. The lowest BCUT2D eigenvalue weighted by molar-refractivity contribution is -0.139. The molecule has 0 aliphatic heterocycles. The molecule has 2 aromatic rings. The van der Waals surface area contributed by atoms with Crippen LogP contribution in [0.1, 0.15) is 30.0 Å². The van der Waals surface area contributed by atoms with Crippen molar-refractivity contribution in [2.45, 2.75) is 31.2 Å². The number of imidazole rings is 1. The van der Waals surface area contributed by atoms with Crippen molar-refractivity contribution in [2.24, 2.45) is 0 Å². The van der Waals surface area contributed by atoms with Crippen molar-refractivity contribution < 1.29 is 19.5 Å². The SMILES string of the molecule is O=C1CC(c2ccccc2)CC(=O)C1=CN[C@@H](Cc1c[nH]cn1)C(=O)O. The van der Waals surface area contributed by atoms with E-state index in [1.54, 1.807) is 6.20 Å². The first-order chi connectivity index (χ1) is 12.5. The van der Waals surface area contributed by atoms with Crippen LogP contribution in [0, 0.1) is 0 Å². The molecule has 0 spiro atoms. The molecule has 0 amide bonds. The summed E-state index contributed by atoms with van der Waals surface area (Å²) < 4.78 is 0. The number of nitrogens with one attached hydrogen (secondary N) is 2. The smallest absolute Gasteiger partial charge is 0.326 e. The summed E-state index contributed by atoms with van der Waals surface area (Å²) in [4.78, 5) is 42.9. The summed E-state index contributed by atoms with van der Waals surface area (Å²) in [5.41, 5.74) is 1.57. The maximum absolute atomic E-state index is 12.4.